The van der Waals surface area contributed by atoms with Crippen molar-refractivity contribution in [1.29, 1.82) is 0 Å². The number of hydrogen-bond acceptors (Lipinski definition) is 4. The fourth-order valence-electron chi connectivity index (χ4n) is 2.60. The molecule has 23 heavy (non-hydrogen) atoms. The summed E-state index contributed by atoms with van der Waals surface area (Å²) in [6, 6.07) is 10.9. The number of nitrogens with one attached hydrogen (secondary N) is 3. The minimum atomic E-state index is -0.137. The number of rotatable bonds is 4. The number of thiophene rings is 1. The van der Waals surface area contributed by atoms with E-state index in [0.29, 0.717) is 16.3 Å². The van der Waals surface area contributed by atoms with Crippen molar-refractivity contribution in [3.8, 4) is 0 Å². The van der Waals surface area contributed by atoms with Crippen LogP contribution < -0.4 is 16.0 Å². The molecule has 0 atom stereocenters. The lowest BCUT2D eigenvalue weighted by molar-refractivity contribution is -0.120. The van der Waals surface area contributed by atoms with Gasteiger partial charge in [-0.15, -0.1) is 11.3 Å². The number of benzene rings is 1. The Bertz CT molecular complexity index is 679. The molecule has 6 heteroatoms. The maximum Gasteiger partial charge on any atom is 0.265 e. The van der Waals surface area contributed by atoms with E-state index in [1.54, 1.807) is 12.1 Å². The van der Waals surface area contributed by atoms with Crippen molar-refractivity contribution >= 4 is 34.5 Å². The van der Waals surface area contributed by atoms with Gasteiger partial charge in [-0.25, -0.2) is 0 Å². The van der Waals surface area contributed by atoms with E-state index in [0.717, 1.165) is 25.9 Å². The van der Waals surface area contributed by atoms with Gasteiger partial charge in [0, 0.05) is 17.3 Å². The second-order valence-electron chi connectivity index (χ2n) is 5.53. The van der Waals surface area contributed by atoms with Crippen molar-refractivity contribution in [2.45, 2.75) is 12.8 Å². The van der Waals surface area contributed by atoms with Gasteiger partial charge in [-0.05, 0) is 55.6 Å². The van der Waals surface area contributed by atoms with Gasteiger partial charge in [-0.3, -0.25) is 9.59 Å². The predicted octanol–water partition coefficient (Wildman–Crippen LogP) is 2.94. The fraction of sp³-hybridized carbons (Fsp3) is 0.294. The molecule has 2 heterocycles. The van der Waals surface area contributed by atoms with Crippen LogP contribution in [-0.2, 0) is 4.79 Å². The van der Waals surface area contributed by atoms with Crippen LogP contribution in [0.2, 0.25) is 0 Å². The Morgan fingerprint density at radius 3 is 2.48 bits per heavy atom. The number of hydrogen-bond donors (Lipinski definition) is 3. The molecular weight excluding hydrogens is 310 g/mol. The van der Waals surface area contributed by atoms with Gasteiger partial charge >= 0.3 is 0 Å². The highest BCUT2D eigenvalue weighted by atomic mass is 32.1. The van der Waals surface area contributed by atoms with Crippen molar-refractivity contribution in [1.82, 2.24) is 5.32 Å². The van der Waals surface area contributed by atoms with Crippen molar-refractivity contribution in [2.24, 2.45) is 5.92 Å². The molecule has 2 amide bonds. The van der Waals surface area contributed by atoms with Crippen molar-refractivity contribution in [3.63, 3.8) is 0 Å². The molecule has 2 aromatic rings. The SMILES string of the molecule is O=C(Nc1cccc(NC(=O)C2CCNCC2)c1)c1cccs1. The van der Waals surface area contributed by atoms with Crippen LogP contribution in [0.25, 0.3) is 0 Å². The van der Waals surface area contributed by atoms with Crippen LogP contribution in [0.3, 0.4) is 0 Å². The highest BCUT2D eigenvalue weighted by Crippen LogP contribution is 2.20. The third-order valence-electron chi connectivity index (χ3n) is 3.84. The zero-order valence-electron chi connectivity index (χ0n) is 12.7. The molecule has 1 saturated heterocycles. The van der Waals surface area contributed by atoms with Crippen molar-refractivity contribution in [2.75, 3.05) is 23.7 Å². The first kappa shape index (κ1) is 15.7. The Morgan fingerprint density at radius 2 is 1.78 bits per heavy atom. The predicted molar refractivity (Wildman–Crippen MR) is 92.9 cm³/mol. The molecule has 1 aromatic heterocycles. The Morgan fingerprint density at radius 1 is 1.04 bits per heavy atom. The zero-order valence-corrected chi connectivity index (χ0v) is 13.5. The molecule has 3 rings (SSSR count). The number of piperidine rings is 1. The summed E-state index contributed by atoms with van der Waals surface area (Å²) in [7, 11) is 0. The van der Waals surface area contributed by atoms with E-state index in [2.05, 4.69) is 16.0 Å². The Kier molecular flexibility index (Phi) is 5.05. The van der Waals surface area contributed by atoms with E-state index < -0.39 is 0 Å². The van der Waals surface area contributed by atoms with Crippen LogP contribution in [0.15, 0.2) is 41.8 Å². The summed E-state index contributed by atoms with van der Waals surface area (Å²) in [6.45, 7) is 1.77. The van der Waals surface area contributed by atoms with Crippen LogP contribution in [0.5, 0.6) is 0 Å². The second-order valence-corrected chi connectivity index (χ2v) is 6.47. The van der Waals surface area contributed by atoms with Gasteiger partial charge in [0.1, 0.15) is 0 Å². The third-order valence-corrected chi connectivity index (χ3v) is 4.71. The van der Waals surface area contributed by atoms with Gasteiger partial charge in [-0.1, -0.05) is 12.1 Å². The fourth-order valence-corrected chi connectivity index (χ4v) is 3.22. The summed E-state index contributed by atoms with van der Waals surface area (Å²) in [6.07, 6.45) is 1.72. The minimum Gasteiger partial charge on any atom is -0.326 e. The molecule has 0 aliphatic carbocycles. The lowest BCUT2D eigenvalue weighted by atomic mass is 9.97. The van der Waals surface area contributed by atoms with Gasteiger partial charge in [0.05, 0.1) is 4.88 Å². The first-order chi connectivity index (χ1) is 11.2. The number of carbonyl (C=O) groups is 2. The van der Waals surface area contributed by atoms with Crippen LogP contribution in [0.1, 0.15) is 22.5 Å². The summed E-state index contributed by atoms with van der Waals surface area (Å²) in [4.78, 5) is 25.0. The van der Waals surface area contributed by atoms with Gasteiger partial charge in [-0.2, -0.15) is 0 Å². The molecule has 5 nitrogen and oxygen atoms in total. The lowest BCUT2D eigenvalue weighted by Crippen LogP contribution is -2.34. The smallest absolute Gasteiger partial charge is 0.265 e. The van der Waals surface area contributed by atoms with E-state index in [1.165, 1.54) is 11.3 Å². The molecule has 0 spiro atoms. The van der Waals surface area contributed by atoms with E-state index >= 15 is 0 Å². The highest BCUT2D eigenvalue weighted by Gasteiger charge is 2.20. The molecular formula is C17H19N3O2S. The third kappa shape index (κ3) is 4.18. The largest absolute Gasteiger partial charge is 0.326 e. The maximum atomic E-state index is 12.3. The van der Waals surface area contributed by atoms with E-state index in [-0.39, 0.29) is 17.7 Å². The Hall–Kier alpha value is -2.18. The zero-order chi connectivity index (χ0) is 16.1. The summed E-state index contributed by atoms with van der Waals surface area (Å²) >= 11 is 1.40. The molecule has 1 aliphatic heterocycles. The van der Waals surface area contributed by atoms with Crippen molar-refractivity contribution < 1.29 is 9.59 Å². The van der Waals surface area contributed by atoms with Gasteiger partial charge in [0.15, 0.2) is 0 Å². The number of amides is 2. The normalized spacial score (nSPS) is 15.1. The first-order valence-corrected chi connectivity index (χ1v) is 8.57. The average molecular weight is 329 g/mol. The number of anilines is 2. The first-order valence-electron chi connectivity index (χ1n) is 7.69. The Labute approximate surface area is 139 Å². The van der Waals surface area contributed by atoms with E-state index in [9.17, 15) is 9.59 Å². The van der Waals surface area contributed by atoms with Crippen LogP contribution in [0, 0.1) is 5.92 Å². The summed E-state index contributed by atoms with van der Waals surface area (Å²) < 4.78 is 0. The summed E-state index contributed by atoms with van der Waals surface area (Å²) in [5, 5.41) is 10.9. The van der Waals surface area contributed by atoms with Crippen LogP contribution in [0.4, 0.5) is 11.4 Å². The molecule has 0 radical (unpaired) electrons. The van der Waals surface area contributed by atoms with Crippen LogP contribution in [-0.4, -0.2) is 24.9 Å². The highest BCUT2D eigenvalue weighted by molar-refractivity contribution is 7.12. The van der Waals surface area contributed by atoms with Gasteiger partial charge in [0.2, 0.25) is 5.91 Å². The average Bonchev–Trinajstić information content (AvgIpc) is 3.10. The van der Waals surface area contributed by atoms with Gasteiger partial charge in [0.25, 0.3) is 5.91 Å². The Balaban J connectivity index is 1.62. The number of carbonyl (C=O) groups excluding carboxylic acids is 2. The van der Waals surface area contributed by atoms with Crippen molar-refractivity contribution in [3.05, 3.63) is 46.7 Å². The molecule has 1 aliphatic rings. The quantitative estimate of drug-likeness (QED) is 0.808. The van der Waals surface area contributed by atoms with Gasteiger partial charge < -0.3 is 16.0 Å². The topological polar surface area (TPSA) is 70.2 Å². The monoisotopic (exact) mass is 329 g/mol. The molecule has 0 saturated carbocycles. The molecule has 0 bridgehead atoms. The van der Waals surface area contributed by atoms with Crippen LogP contribution >= 0.6 is 11.3 Å². The second kappa shape index (κ2) is 7.39. The minimum absolute atomic E-state index is 0.0493. The van der Waals surface area contributed by atoms with E-state index in [4.69, 9.17) is 0 Å². The standard InChI is InChI=1S/C17H19N3O2S/c21-16(12-6-8-18-9-7-12)19-13-3-1-4-14(11-13)20-17(22)15-5-2-10-23-15/h1-5,10-12,18H,6-9H2,(H,19,21)(H,20,22). The molecule has 0 unspecified atom stereocenters. The molecule has 1 fully saturated rings. The molecule has 120 valence electrons. The lowest BCUT2D eigenvalue weighted by Gasteiger charge is -2.21. The summed E-state index contributed by atoms with van der Waals surface area (Å²) in [5.41, 5.74) is 1.38. The maximum absolute atomic E-state index is 12.3. The summed E-state index contributed by atoms with van der Waals surface area (Å²) in [5.74, 6) is -0.0318. The van der Waals surface area contributed by atoms with E-state index in [1.807, 2.05) is 29.6 Å². The molecule has 3 N–H and O–H groups in total. The molecule has 1 aromatic carbocycles.